The lowest BCUT2D eigenvalue weighted by Crippen LogP contribution is -2.57. The molecule has 5 nitrogen and oxygen atoms in total. The van der Waals surface area contributed by atoms with Crippen molar-refractivity contribution in [2.45, 2.75) is 31.3 Å². The van der Waals surface area contributed by atoms with E-state index in [2.05, 4.69) is 53.5 Å². The second-order valence-electron chi connectivity index (χ2n) is 8.59. The van der Waals surface area contributed by atoms with Gasteiger partial charge in [0.25, 0.3) is 5.91 Å². The summed E-state index contributed by atoms with van der Waals surface area (Å²) in [5, 5.41) is 4.49. The van der Waals surface area contributed by atoms with Crippen molar-refractivity contribution in [1.29, 1.82) is 0 Å². The third-order valence-corrected chi connectivity index (χ3v) is 7.18. The van der Waals surface area contributed by atoms with Gasteiger partial charge in [0, 0.05) is 35.8 Å². The predicted octanol–water partition coefficient (Wildman–Crippen LogP) is 3.77. The number of hydrogen-bond acceptors (Lipinski definition) is 5. The molecule has 0 bridgehead atoms. The number of amides is 1. The van der Waals surface area contributed by atoms with Crippen LogP contribution in [0.15, 0.2) is 42.5 Å². The van der Waals surface area contributed by atoms with Gasteiger partial charge in [-0.3, -0.25) is 4.79 Å². The Balaban J connectivity index is 1.38. The second kappa shape index (κ2) is 6.82. The van der Waals surface area contributed by atoms with Crippen molar-refractivity contribution in [1.82, 2.24) is 14.6 Å². The molecule has 6 heteroatoms. The highest BCUT2D eigenvalue weighted by atomic mass is 32.1. The molecule has 2 aromatic carbocycles. The molecule has 1 aliphatic heterocycles. The minimum absolute atomic E-state index is 0.00335. The van der Waals surface area contributed by atoms with Crippen molar-refractivity contribution < 1.29 is 4.79 Å². The van der Waals surface area contributed by atoms with Crippen LogP contribution in [0, 0.1) is 6.92 Å². The normalized spacial score (nSPS) is 18.1. The summed E-state index contributed by atoms with van der Waals surface area (Å²) in [4.78, 5) is 17.8. The number of aryl methyl sites for hydroxylation is 1. The Hall–Kier alpha value is -2.44. The zero-order valence-electron chi connectivity index (χ0n) is 17.1. The van der Waals surface area contributed by atoms with Crippen molar-refractivity contribution in [3.63, 3.8) is 0 Å². The van der Waals surface area contributed by atoms with Crippen molar-refractivity contribution in [3.8, 4) is 0 Å². The third kappa shape index (κ3) is 3.20. The van der Waals surface area contributed by atoms with Gasteiger partial charge in [-0.05, 0) is 69.2 Å². The number of carbonyl (C=O) groups is 1. The number of hydrogen-bond donors (Lipinski definition) is 1. The number of likely N-dealkylation sites (N-methyl/N-ethyl adjacent to an activating group) is 1. The van der Waals surface area contributed by atoms with E-state index < -0.39 is 0 Å². The number of rotatable bonds is 5. The summed E-state index contributed by atoms with van der Waals surface area (Å²) < 4.78 is 5.88. The molecular formula is C23H26N4OS. The maximum Gasteiger partial charge on any atom is 0.252 e. The number of aromatic nitrogens is 1. The molecule has 150 valence electrons. The Labute approximate surface area is 175 Å². The Morgan fingerprint density at radius 2 is 1.97 bits per heavy atom. The van der Waals surface area contributed by atoms with Crippen LogP contribution < -0.4 is 10.2 Å². The Kier molecular flexibility index (Phi) is 4.37. The summed E-state index contributed by atoms with van der Waals surface area (Å²) in [5.41, 5.74) is 3.61. The van der Waals surface area contributed by atoms with Gasteiger partial charge in [-0.2, -0.15) is 4.37 Å². The largest absolute Gasteiger partial charge is 0.368 e. The molecule has 1 saturated carbocycles. The molecule has 2 heterocycles. The standard InChI is InChI=1S/C23H26N4OS/c1-15-8-9-16(27-13-17(14-27)26(2)3)12-19(15)22(28)24-23(10-11-23)21-18-6-4-5-7-20(18)29-25-21/h4-9,12,17H,10-11,13-14H2,1-3H3,(H,24,28). The molecule has 0 atom stereocenters. The van der Waals surface area contributed by atoms with Crippen LogP contribution in [0.4, 0.5) is 5.69 Å². The number of benzene rings is 2. The number of anilines is 1. The van der Waals surface area contributed by atoms with Crippen LogP contribution in [-0.4, -0.2) is 48.4 Å². The SMILES string of the molecule is Cc1ccc(N2CC(N(C)C)C2)cc1C(=O)NC1(c2nsc3ccccc23)CC1. The zero-order valence-corrected chi connectivity index (χ0v) is 17.9. The fourth-order valence-corrected chi connectivity index (χ4v) is 4.97. The smallest absolute Gasteiger partial charge is 0.252 e. The molecule has 3 aromatic rings. The number of nitrogens with one attached hydrogen (secondary N) is 1. The van der Waals surface area contributed by atoms with E-state index in [1.807, 2.05) is 25.1 Å². The summed E-state index contributed by atoms with van der Waals surface area (Å²) in [6.07, 6.45) is 1.89. The first-order valence-electron chi connectivity index (χ1n) is 10.2. The van der Waals surface area contributed by atoms with E-state index in [9.17, 15) is 4.79 Å². The molecule has 5 rings (SSSR count). The average molecular weight is 407 g/mol. The molecule has 2 fully saturated rings. The van der Waals surface area contributed by atoms with E-state index >= 15 is 0 Å². The second-order valence-corrected chi connectivity index (χ2v) is 9.39. The van der Waals surface area contributed by atoms with Gasteiger partial charge in [-0.1, -0.05) is 24.3 Å². The highest BCUT2D eigenvalue weighted by Crippen LogP contribution is 2.48. The highest BCUT2D eigenvalue weighted by Gasteiger charge is 2.48. The zero-order chi connectivity index (χ0) is 20.2. The van der Waals surface area contributed by atoms with Crippen molar-refractivity contribution in [2.75, 3.05) is 32.1 Å². The van der Waals surface area contributed by atoms with Crippen LogP contribution in [0.1, 0.15) is 34.5 Å². The van der Waals surface area contributed by atoms with E-state index in [0.717, 1.165) is 53.8 Å². The van der Waals surface area contributed by atoms with Gasteiger partial charge in [0.2, 0.25) is 0 Å². The van der Waals surface area contributed by atoms with Gasteiger partial charge in [0.1, 0.15) is 0 Å². The molecule has 1 N–H and O–H groups in total. The first-order valence-corrected chi connectivity index (χ1v) is 10.9. The molecule has 1 amide bonds. The monoisotopic (exact) mass is 406 g/mol. The maximum atomic E-state index is 13.2. The molecule has 29 heavy (non-hydrogen) atoms. The van der Waals surface area contributed by atoms with Gasteiger partial charge in [-0.15, -0.1) is 0 Å². The van der Waals surface area contributed by atoms with Gasteiger partial charge >= 0.3 is 0 Å². The maximum absolute atomic E-state index is 13.2. The summed E-state index contributed by atoms with van der Waals surface area (Å²) in [6.45, 7) is 4.02. The summed E-state index contributed by atoms with van der Waals surface area (Å²) in [6, 6.07) is 15.1. The highest BCUT2D eigenvalue weighted by molar-refractivity contribution is 7.13. The summed E-state index contributed by atoms with van der Waals surface area (Å²) >= 11 is 1.51. The van der Waals surface area contributed by atoms with E-state index in [4.69, 9.17) is 4.37 Å². The van der Waals surface area contributed by atoms with Crippen molar-refractivity contribution in [2.24, 2.45) is 0 Å². The van der Waals surface area contributed by atoms with Gasteiger partial charge in [0.15, 0.2) is 0 Å². The minimum atomic E-state index is -0.314. The minimum Gasteiger partial charge on any atom is -0.368 e. The Bertz CT molecular complexity index is 1080. The van der Waals surface area contributed by atoms with E-state index in [1.165, 1.54) is 16.2 Å². The van der Waals surface area contributed by atoms with Crippen LogP contribution in [0.5, 0.6) is 0 Å². The molecule has 1 aromatic heterocycles. The van der Waals surface area contributed by atoms with Gasteiger partial charge in [0.05, 0.1) is 15.9 Å². The van der Waals surface area contributed by atoms with E-state index in [-0.39, 0.29) is 11.4 Å². The van der Waals surface area contributed by atoms with Crippen LogP contribution in [0.2, 0.25) is 0 Å². The lowest BCUT2D eigenvalue weighted by molar-refractivity contribution is 0.0929. The van der Waals surface area contributed by atoms with E-state index in [1.54, 1.807) is 0 Å². The molecule has 2 aliphatic rings. The molecule has 0 radical (unpaired) electrons. The fraction of sp³-hybridized carbons (Fsp3) is 0.391. The lowest BCUT2D eigenvalue weighted by Gasteiger charge is -2.44. The molecule has 0 unspecified atom stereocenters. The van der Waals surface area contributed by atoms with Crippen LogP contribution >= 0.6 is 11.5 Å². The number of fused-ring (bicyclic) bond motifs is 1. The quantitative estimate of drug-likeness (QED) is 0.701. The average Bonchev–Trinajstić information content (AvgIpc) is 3.29. The predicted molar refractivity (Wildman–Crippen MR) is 119 cm³/mol. The molecular weight excluding hydrogens is 380 g/mol. The van der Waals surface area contributed by atoms with Crippen molar-refractivity contribution >= 4 is 33.2 Å². The Morgan fingerprint density at radius 3 is 2.69 bits per heavy atom. The van der Waals surface area contributed by atoms with Gasteiger partial charge in [-0.25, -0.2) is 0 Å². The third-order valence-electron chi connectivity index (χ3n) is 6.36. The number of nitrogens with zero attached hydrogens (tertiary/aromatic N) is 3. The summed E-state index contributed by atoms with van der Waals surface area (Å²) in [5.74, 6) is 0.00335. The van der Waals surface area contributed by atoms with Gasteiger partial charge < -0.3 is 15.1 Å². The number of carbonyl (C=O) groups excluding carboxylic acids is 1. The first kappa shape index (κ1) is 18.6. The molecule has 1 aliphatic carbocycles. The lowest BCUT2D eigenvalue weighted by atomic mass is 10.0. The summed E-state index contributed by atoms with van der Waals surface area (Å²) in [7, 11) is 4.24. The van der Waals surface area contributed by atoms with Crippen molar-refractivity contribution in [3.05, 3.63) is 59.3 Å². The molecule has 0 spiro atoms. The Morgan fingerprint density at radius 1 is 1.21 bits per heavy atom. The molecule has 1 saturated heterocycles. The topological polar surface area (TPSA) is 48.5 Å². The van der Waals surface area contributed by atoms with E-state index in [0.29, 0.717) is 6.04 Å². The van der Waals surface area contributed by atoms with Crippen LogP contribution in [0.25, 0.3) is 10.1 Å². The van der Waals surface area contributed by atoms with Crippen LogP contribution in [0.3, 0.4) is 0 Å². The fourth-order valence-electron chi connectivity index (χ4n) is 4.11. The first-order chi connectivity index (χ1) is 14.0. The van der Waals surface area contributed by atoms with Crippen LogP contribution in [-0.2, 0) is 5.54 Å².